The molecule has 0 aliphatic heterocycles. The lowest BCUT2D eigenvalue weighted by molar-refractivity contribution is -0.111. The molecule has 0 heterocycles. The van der Waals surface area contributed by atoms with Gasteiger partial charge in [-0.25, -0.2) is 0 Å². The van der Waals surface area contributed by atoms with Crippen molar-refractivity contribution in [3.8, 4) is 0 Å². The fraction of sp³-hybridized carbons (Fsp3) is 0.762. The van der Waals surface area contributed by atoms with Gasteiger partial charge in [0.05, 0.1) is 6.10 Å². The van der Waals surface area contributed by atoms with E-state index in [9.17, 15) is 9.90 Å². The molecule has 0 radical (unpaired) electrons. The van der Waals surface area contributed by atoms with Crippen molar-refractivity contribution < 1.29 is 9.90 Å². The minimum Gasteiger partial charge on any atom is -0.393 e. The molecule has 0 aromatic heterocycles. The summed E-state index contributed by atoms with van der Waals surface area (Å²) in [5, 5.41) is 10.3. The van der Waals surface area contributed by atoms with Crippen LogP contribution in [0.3, 0.4) is 0 Å². The van der Waals surface area contributed by atoms with Crippen LogP contribution in [0.25, 0.3) is 0 Å². The van der Waals surface area contributed by atoms with Crippen LogP contribution in [0.1, 0.15) is 59.3 Å². The Labute approximate surface area is 140 Å². The first-order chi connectivity index (χ1) is 10.9. The van der Waals surface area contributed by atoms with Crippen molar-refractivity contribution in [3.63, 3.8) is 0 Å². The topological polar surface area (TPSA) is 37.3 Å². The number of hydrogen-bond donors (Lipinski definition) is 1. The monoisotopic (exact) mass is 314 g/mol. The lowest BCUT2D eigenvalue weighted by Crippen LogP contribution is -2.50. The zero-order chi connectivity index (χ0) is 16.4. The summed E-state index contributed by atoms with van der Waals surface area (Å²) in [6, 6.07) is 0. The third-order valence-electron chi connectivity index (χ3n) is 8.21. The molecule has 0 spiro atoms. The standard InChI is InChI=1S/C21H30O2/c1-13(22)17-6-7-18-16-5-4-14-12-15(23)8-10-20(14,2)19(16)9-11-21(17,18)3/h8,10,12-13,16-19,22H,4-7,9,11H2,1-3H3/t13-,16?,17?,18?,19?,20+,21+/m0/s1. The maximum Gasteiger partial charge on any atom is 0.178 e. The zero-order valence-corrected chi connectivity index (χ0v) is 14.7. The second-order valence-electron chi connectivity index (χ2n) is 9.07. The minimum atomic E-state index is -0.177. The van der Waals surface area contributed by atoms with Crippen LogP contribution in [0.4, 0.5) is 0 Å². The van der Waals surface area contributed by atoms with Gasteiger partial charge in [-0.1, -0.05) is 25.5 Å². The number of fused-ring (bicyclic) bond motifs is 5. The highest BCUT2D eigenvalue weighted by molar-refractivity contribution is 6.01. The van der Waals surface area contributed by atoms with Crippen LogP contribution in [0.2, 0.25) is 0 Å². The van der Waals surface area contributed by atoms with E-state index in [2.05, 4.69) is 19.9 Å². The Balaban J connectivity index is 1.67. The number of ketones is 1. The van der Waals surface area contributed by atoms with E-state index >= 15 is 0 Å². The lowest BCUT2D eigenvalue weighted by atomic mass is 9.47. The largest absolute Gasteiger partial charge is 0.393 e. The summed E-state index contributed by atoms with van der Waals surface area (Å²) < 4.78 is 0. The number of carbonyl (C=O) groups excluding carboxylic acids is 1. The number of hydrogen-bond acceptors (Lipinski definition) is 2. The van der Waals surface area contributed by atoms with Crippen molar-refractivity contribution in [3.05, 3.63) is 23.8 Å². The molecule has 0 amide bonds. The molecular formula is C21H30O2. The van der Waals surface area contributed by atoms with Gasteiger partial charge in [0.15, 0.2) is 5.78 Å². The molecule has 3 saturated carbocycles. The predicted molar refractivity (Wildman–Crippen MR) is 91.8 cm³/mol. The number of rotatable bonds is 1. The molecule has 3 fully saturated rings. The Morgan fingerprint density at radius 2 is 1.96 bits per heavy atom. The smallest absolute Gasteiger partial charge is 0.178 e. The van der Waals surface area contributed by atoms with Gasteiger partial charge in [0.25, 0.3) is 0 Å². The van der Waals surface area contributed by atoms with Gasteiger partial charge in [0.2, 0.25) is 0 Å². The fourth-order valence-corrected chi connectivity index (χ4v) is 7.03. The molecule has 0 saturated heterocycles. The van der Waals surface area contributed by atoms with Crippen molar-refractivity contribution in [1.29, 1.82) is 0 Å². The highest BCUT2D eigenvalue weighted by atomic mass is 16.3. The quantitative estimate of drug-likeness (QED) is 0.784. The summed E-state index contributed by atoms with van der Waals surface area (Å²) in [5.74, 6) is 2.84. The molecule has 0 bridgehead atoms. The average molecular weight is 314 g/mol. The van der Waals surface area contributed by atoms with Gasteiger partial charge >= 0.3 is 0 Å². The van der Waals surface area contributed by atoms with Crippen molar-refractivity contribution in [2.24, 2.45) is 34.5 Å². The molecule has 2 heteroatoms. The third kappa shape index (κ3) is 2.06. The van der Waals surface area contributed by atoms with Crippen LogP contribution in [0.5, 0.6) is 0 Å². The van der Waals surface area contributed by atoms with E-state index < -0.39 is 0 Å². The van der Waals surface area contributed by atoms with Gasteiger partial charge in [-0.05, 0) is 86.7 Å². The molecule has 23 heavy (non-hydrogen) atoms. The molecule has 4 aliphatic carbocycles. The van der Waals surface area contributed by atoms with Crippen LogP contribution in [-0.2, 0) is 4.79 Å². The van der Waals surface area contributed by atoms with Gasteiger partial charge < -0.3 is 5.11 Å². The highest BCUT2D eigenvalue weighted by Crippen LogP contribution is 2.66. The molecule has 4 rings (SSSR count). The van der Waals surface area contributed by atoms with Crippen molar-refractivity contribution in [2.75, 3.05) is 0 Å². The molecule has 2 nitrogen and oxygen atoms in total. The summed E-state index contributed by atoms with van der Waals surface area (Å²) in [6.45, 7) is 6.80. The maximum atomic E-state index is 11.8. The normalized spacial score (nSPS) is 49.9. The van der Waals surface area contributed by atoms with E-state index in [0.29, 0.717) is 17.3 Å². The Kier molecular flexibility index (Phi) is 3.43. The molecule has 1 N–H and O–H groups in total. The summed E-state index contributed by atoms with van der Waals surface area (Å²) in [4.78, 5) is 11.8. The molecule has 7 atom stereocenters. The molecule has 4 unspecified atom stereocenters. The first kappa shape index (κ1) is 15.6. The van der Waals surface area contributed by atoms with Gasteiger partial charge in [-0.3, -0.25) is 4.79 Å². The van der Waals surface area contributed by atoms with Crippen molar-refractivity contribution in [2.45, 2.75) is 65.4 Å². The van der Waals surface area contributed by atoms with Crippen LogP contribution in [0.15, 0.2) is 23.8 Å². The number of aliphatic hydroxyl groups excluding tert-OH is 1. The van der Waals surface area contributed by atoms with E-state index in [1.165, 1.54) is 37.7 Å². The molecule has 0 aromatic carbocycles. The Morgan fingerprint density at radius 3 is 2.70 bits per heavy atom. The fourth-order valence-electron chi connectivity index (χ4n) is 7.03. The molecular weight excluding hydrogens is 284 g/mol. The summed E-state index contributed by atoms with van der Waals surface area (Å²) >= 11 is 0. The Bertz CT molecular complexity index is 587. The molecule has 4 aliphatic rings. The van der Waals surface area contributed by atoms with Crippen molar-refractivity contribution >= 4 is 5.78 Å². The first-order valence-electron chi connectivity index (χ1n) is 9.48. The maximum absolute atomic E-state index is 11.8. The third-order valence-corrected chi connectivity index (χ3v) is 8.21. The molecule has 0 aromatic rings. The second-order valence-corrected chi connectivity index (χ2v) is 9.07. The van der Waals surface area contributed by atoms with E-state index in [0.717, 1.165) is 18.3 Å². The van der Waals surface area contributed by atoms with Crippen LogP contribution in [-0.4, -0.2) is 17.0 Å². The Morgan fingerprint density at radius 1 is 1.17 bits per heavy atom. The van der Waals surface area contributed by atoms with Gasteiger partial charge in [0.1, 0.15) is 0 Å². The van der Waals surface area contributed by atoms with E-state index in [1.807, 2.05) is 13.0 Å². The predicted octanol–water partition coefficient (Wildman–Crippen LogP) is 4.29. The SMILES string of the molecule is C[C@H](O)C1CCC2C3CCC4=CC(=O)C=C[C@@]4(C)C3CC[C@@]21C. The number of carbonyl (C=O) groups is 1. The molecule has 126 valence electrons. The van der Waals surface area contributed by atoms with E-state index in [1.54, 1.807) is 6.08 Å². The van der Waals surface area contributed by atoms with E-state index in [4.69, 9.17) is 0 Å². The summed E-state index contributed by atoms with van der Waals surface area (Å²) in [6.07, 6.45) is 13.0. The highest BCUT2D eigenvalue weighted by Gasteiger charge is 2.58. The van der Waals surface area contributed by atoms with Gasteiger partial charge in [0, 0.05) is 5.41 Å². The lowest BCUT2D eigenvalue weighted by Gasteiger charge is -2.57. The van der Waals surface area contributed by atoms with Gasteiger partial charge in [-0.2, -0.15) is 0 Å². The first-order valence-corrected chi connectivity index (χ1v) is 9.48. The average Bonchev–Trinajstić information content (AvgIpc) is 2.85. The van der Waals surface area contributed by atoms with Crippen LogP contribution < -0.4 is 0 Å². The second kappa shape index (κ2) is 5.05. The van der Waals surface area contributed by atoms with Crippen LogP contribution >= 0.6 is 0 Å². The summed E-state index contributed by atoms with van der Waals surface area (Å²) in [7, 11) is 0. The van der Waals surface area contributed by atoms with Crippen molar-refractivity contribution in [1.82, 2.24) is 0 Å². The Hall–Kier alpha value is -0.890. The van der Waals surface area contributed by atoms with Crippen LogP contribution in [0, 0.1) is 34.5 Å². The minimum absolute atomic E-state index is 0.0983. The van der Waals surface area contributed by atoms with E-state index in [-0.39, 0.29) is 17.3 Å². The number of aliphatic hydroxyl groups is 1. The summed E-state index contributed by atoms with van der Waals surface area (Å²) in [5.41, 5.74) is 1.79. The zero-order valence-electron chi connectivity index (χ0n) is 14.7. The number of allylic oxidation sites excluding steroid dienone is 4. The van der Waals surface area contributed by atoms with Gasteiger partial charge in [-0.15, -0.1) is 0 Å².